The molecule has 0 unspecified atom stereocenters. The number of hydrogen-bond acceptors (Lipinski definition) is 0. The first-order chi connectivity index (χ1) is 14.0. The first kappa shape index (κ1) is 22.5. The number of aromatic nitrogens is 1. The molecule has 0 bridgehead atoms. The van der Waals surface area contributed by atoms with Crippen LogP contribution < -0.4 is 0 Å². The number of hydrogen-bond donors (Lipinski definition) is 0. The zero-order chi connectivity index (χ0) is 22.5. The summed E-state index contributed by atoms with van der Waals surface area (Å²) < 4.78 is 73.0. The zero-order valence-electron chi connectivity index (χ0n) is 18.0. The highest BCUT2D eigenvalue weighted by molar-refractivity contribution is 6.82. The standard InChI is InChI=1S/C23H26F5NSi/c1-12(2)30(13(3)4,14(5)6)29-11-16(15-9-7-8-10-17(15)29)18-19(24)21(26)23(28)22(27)20(18)25/h7-14H,1-6H3. The summed E-state index contributed by atoms with van der Waals surface area (Å²) in [6.45, 7) is 12.8. The Morgan fingerprint density at radius 1 is 0.667 bits per heavy atom. The normalized spacial score (nSPS) is 12.7. The van der Waals surface area contributed by atoms with E-state index in [1.807, 2.05) is 12.1 Å². The molecule has 0 saturated carbocycles. The van der Waals surface area contributed by atoms with Crippen LogP contribution in [0.15, 0.2) is 30.5 Å². The molecule has 2 aromatic carbocycles. The van der Waals surface area contributed by atoms with Crippen molar-refractivity contribution in [2.75, 3.05) is 0 Å². The molecule has 3 aromatic rings. The van der Waals surface area contributed by atoms with Gasteiger partial charge in [-0.05, 0) is 22.7 Å². The molecule has 0 radical (unpaired) electrons. The molecule has 1 aromatic heterocycles. The van der Waals surface area contributed by atoms with Gasteiger partial charge in [-0.15, -0.1) is 0 Å². The summed E-state index contributed by atoms with van der Waals surface area (Å²) in [6.07, 6.45) is 1.61. The number of halogens is 5. The number of benzene rings is 2. The van der Waals surface area contributed by atoms with Crippen molar-refractivity contribution in [3.8, 4) is 11.1 Å². The van der Waals surface area contributed by atoms with Gasteiger partial charge in [0.15, 0.2) is 31.5 Å². The minimum absolute atomic E-state index is 0.0252. The molecule has 0 fully saturated rings. The van der Waals surface area contributed by atoms with E-state index in [1.54, 1.807) is 18.3 Å². The molecule has 0 aliphatic heterocycles. The Kier molecular flexibility index (Phi) is 5.88. The Morgan fingerprint density at radius 2 is 1.10 bits per heavy atom. The molecule has 0 N–H and O–H groups in total. The maximum absolute atomic E-state index is 14.7. The lowest BCUT2D eigenvalue weighted by molar-refractivity contribution is 0.381. The second-order valence-electron chi connectivity index (χ2n) is 8.73. The lowest BCUT2D eigenvalue weighted by Crippen LogP contribution is -2.51. The molecule has 0 aliphatic rings. The average Bonchev–Trinajstić information content (AvgIpc) is 3.04. The third kappa shape index (κ3) is 3.01. The topological polar surface area (TPSA) is 4.93 Å². The van der Waals surface area contributed by atoms with Gasteiger partial charge < -0.3 is 4.23 Å². The fraction of sp³-hybridized carbons (Fsp3) is 0.391. The Balaban J connectivity index is 2.49. The van der Waals surface area contributed by atoms with E-state index in [1.165, 1.54) is 0 Å². The molecule has 1 nitrogen and oxygen atoms in total. The monoisotopic (exact) mass is 439 g/mol. The largest absolute Gasteiger partial charge is 0.373 e. The summed E-state index contributed by atoms with van der Waals surface area (Å²) in [5, 5.41) is 0.472. The molecule has 3 rings (SSSR count). The Morgan fingerprint density at radius 3 is 1.57 bits per heavy atom. The molecule has 0 aliphatic carbocycles. The van der Waals surface area contributed by atoms with Crippen molar-refractivity contribution in [3.05, 3.63) is 59.5 Å². The van der Waals surface area contributed by atoms with Crippen molar-refractivity contribution in [2.24, 2.45) is 0 Å². The molecular weight excluding hydrogens is 413 g/mol. The molecule has 30 heavy (non-hydrogen) atoms. The van der Waals surface area contributed by atoms with Crippen LogP contribution in [0.4, 0.5) is 22.0 Å². The molecule has 0 amide bonds. The maximum Gasteiger partial charge on any atom is 0.200 e. The van der Waals surface area contributed by atoms with Crippen LogP contribution in [0.25, 0.3) is 22.0 Å². The highest BCUT2D eigenvalue weighted by Crippen LogP contribution is 2.46. The van der Waals surface area contributed by atoms with E-state index in [-0.39, 0.29) is 22.2 Å². The third-order valence-corrected chi connectivity index (χ3v) is 13.1. The number of fused-ring (bicyclic) bond motifs is 1. The van der Waals surface area contributed by atoms with Gasteiger partial charge in [-0.25, -0.2) is 22.0 Å². The van der Waals surface area contributed by atoms with Gasteiger partial charge in [-0.2, -0.15) is 0 Å². The minimum atomic E-state index is -2.34. The Hall–Kier alpha value is -2.15. The van der Waals surface area contributed by atoms with Gasteiger partial charge in [0, 0.05) is 22.7 Å². The third-order valence-electron chi connectivity index (χ3n) is 6.38. The fourth-order valence-corrected chi connectivity index (χ4v) is 12.0. The van der Waals surface area contributed by atoms with Crippen molar-refractivity contribution in [1.82, 2.24) is 4.23 Å². The van der Waals surface area contributed by atoms with Crippen molar-refractivity contribution < 1.29 is 22.0 Å². The van der Waals surface area contributed by atoms with Crippen LogP contribution in [0.5, 0.6) is 0 Å². The first-order valence-electron chi connectivity index (χ1n) is 10.1. The van der Waals surface area contributed by atoms with Crippen LogP contribution in [0, 0.1) is 29.1 Å². The van der Waals surface area contributed by atoms with Gasteiger partial charge in [-0.3, -0.25) is 0 Å². The molecule has 0 spiro atoms. The van der Waals surface area contributed by atoms with E-state index in [2.05, 4.69) is 45.8 Å². The van der Waals surface area contributed by atoms with Crippen molar-refractivity contribution >= 4 is 19.1 Å². The highest BCUT2D eigenvalue weighted by atomic mass is 28.3. The lowest BCUT2D eigenvalue weighted by Gasteiger charge is -2.44. The quantitative estimate of drug-likeness (QED) is 0.164. The summed E-state index contributed by atoms with van der Waals surface area (Å²) in [7, 11) is -2.34. The highest BCUT2D eigenvalue weighted by Gasteiger charge is 2.46. The zero-order valence-corrected chi connectivity index (χ0v) is 19.0. The van der Waals surface area contributed by atoms with E-state index in [9.17, 15) is 22.0 Å². The number of rotatable bonds is 5. The van der Waals surface area contributed by atoms with Crippen LogP contribution in [-0.2, 0) is 0 Å². The summed E-state index contributed by atoms with van der Waals surface area (Å²) >= 11 is 0. The molecule has 7 heteroatoms. The molecule has 0 atom stereocenters. The van der Waals surface area contributed by atoms with Gasteiger partial charge in [0.05, 0.1) is 5.56 Å². The number of para-hydroxylation sites is 1. The average molecular weight is 440 g/mol. The van der Waals surface area contributed by atoms with Crippen molar-refractivity contribution in [2.45, 2.75) is 58.2 Å². The van der Waals surface area contributed by atoms with E-state index in [0.29, 0.717) is 5.39 Å². The van der Waals surface area contributed by atoms with E-state index >= 15 is 0 Å². The van der Waals surface area contributed by atoms with Crippen LogP contribution in [0.2, 0.25) is 16.6 Å². The molecular formula is C23H26F5NSi. The second-order valence-corrected chi connectivity index (χ2v) is 14.4. The second kappa shape index (κ2) is 7.83. The van der Waals surface area contributed by atoms with Crippen molar-refractivity contribution in [1.29, 1.82) is 0 Å². The first-order valence-corrected chi connectivity index (χ1v) is 12.3. The van der Waals surface area contributed by atoms with Gasteiger partial charge in [0.1, 0.15) is 0 Å². The Labute approximate surface area is 174 Å². The smallest absolute Gasteiger partial charge is 0.200 e. The molecule has 1 heterocycles. The summed E-state index contributed by atoms with van der Waals surface area (Å²) in [6, 6.07) is 7.03. The SMILES string of the molecule is CC(C)[Si](C(C)C)(C(C)C)n1cc(-c2c(F)c(F)c(F)c(F)c2F)c2ccccc21. The van der Waals surface area contributed by atoms with Gasteiger partial charge in [0.25, 0.3) is 0 Å². The molecule has 0 saturated heterocycles. The van der Waals surface area contributed by atoms with E-state index in [0.717, 1.165) is 5.52 Å². The molecule has 162 valence electrons. The van der Waals surface area contributed by atoms with Crippen LogP contribution in [0.3, 0.4) is 0 Å². The Bertz CT molecular complexity index is 1050. The fourth-order valence-electron chi connectivity index (χ4n) is 5.38. The van der Waals surface area contributed by atoms with Crippen LogP contribution >= 0.6 is 0 Å². The van der Waals surface area contributed by atoms with Gasteiger partial charge in [-0.1, -0.05) is 59.7 Å². The van der Waals surface area contributed by atoms with E-state index < -0.39 is 42.9 Å². The van der Waals surface area contributed by atoms with Gasteiger partial charge in [0.2, 0.25) is 5.82 Å². The minimum Gasteiger partial charge on any atom is -0.373 e. The summed E-state index contributed by atoms with van der Waals surface area (Å²) in [5.41, 5.74) is 0.726. The van der Waals surface area contributed by atoms with Crippen molar-refractivity contribution in [3.63, 3.8) is 0 Å². The summed E-state index contributed by atoms with van der Waals surface area (Å²) in [5.74, 6) is -9.62. The lowest BCUT2D eigenvalue weighted by atomic mass is 10.0. The number of nitrogens with zero attached hydrogens (tertiary/aromatic N) is 1. The predicted molar refractivity (Wildman–Crippen MR) is 114 cm³/mol. The summed E-state index contributed by atoms with van der Waals surface area (Å²) in [4.78, 5) is 0. The van der Waals surface area contributed by atoms with Gasteiger partial charge >= 0.3 is 0 Å². The van der Waals surface area contributed by atoms with E-state index in [4.69, 9.17) is 0 Å². The van der Waals surface area contributed by atoms with Crippen LogP contribution in [0.1, 0.15) is 41.5 Å². The maximum atomic E-state index is 14.7. The predicted octanol–water partition coefficient (Wildman–Crippen LogP) is 8.03. The van der Waals surface area contributed by atoms with Crippen LogP contribution in [-0.4, -0.2) is 12.5 Å².